The summed E-state index contributed by atoms with van der Waals surface area (Å²) < 4.78 is 5.73. The maximum absolute atomic E-state index is 14.5. The van der Waals surface area contributed by atoms with Crippen LogP contribution in [0.25, 0.3) is 0 Å². The van der Waals surface area contributed by atoms with E-state index in [-0.39, 0.29) is 67.1 Å². The molecule has 1 aliphatic heterocycles. The first-order chi connectivity index (χ1) is 25.1. The largest absolute Gasteiger partial charge is 0.462 e. The summed E-state index contributed by atoms with van der Waals surface area (Å²) in [6.07, 6.45) is 5.30. The van der Waals surface area contributed by atoms with Gasteiger partial charge in [0.15, 0.2) is 11.6 Å². The van der Waals surface area contributed by atoms with Gasteiger partial charge in [0, 0.05) is 45.8 Å². The van der Waals surface area contributed by atoms with E-state index in [9.17, 15) is 33.6 Å². The molecule has 0 aromatic heterocycles. The Morgan fingerprint density at radius 1 is 0.943 bits per heavy atom. The van der Waals surface area contributed by atoms with Crippen LogP contribution in [0.2, 0.25) is 0 Å². The van der Waals surface area contributed by atoms with E-state index in [1.165, 1.54) is 4.90 Å². The second kappa shape index (κ2) is 18.4. The Hall–Kier alpha value is -3.89. The number of benzene rings is 1. The number of likely N-dealkylation sites (tertiary alicyclic amines) is 1. The van der Waals surface area contributed by atoms with Crippen molar-refractivity contribution >= 4 is 41.0 Å². The van der Waals surface area contributed by atoms with Crippen LogP contribution in [-0.4, -0.2) is 83.6 Å². The summed E-state index contributed by atoms with van der Waals surface area (Å²) >= 11 is 0. The van der Waals surface area contributed by atoms with Gasteiger partial charge in [0.2, 0.25) is 23.5 Å². The zero-order chi connectivity index (χ0) is 39.0. The minimum atomic E-state index is -0.937. The maximum Gasteiger partial charge on any atom is 0.306 e. The first-order valence-electron chi connectivity index (χ1n) is 19.7. The molecule has 7 atom stereocenters. The SMILES string of the molecule is CCCC(CC(=O)[C@@H]1[C@H]2C[C@H]2CN1C(=O)[C@@H](CC(=O)OC(C)C(C)C)C1(C)CCCCC1)C(=O)C(=O)CCC(=O)NC(C(=O)N(C)C)c1ccccc1. The molecule has 1 heterocycles. The quantitative estimate of drug-likeness (QED) is 0.142. The van der Waals surface area contributed by atoms with Crippen molar-refractivity contribution in [1.29, 1.82) is 0 Å². The third-order valence-corrected chi connectivity index (χ3v) is 12.0. The van der Waals surface area contributed by atoms with Gasteiger partial charge in [-0.3, -0.25) is 33.6 Å². The zero-order valence-corrected chi connectivity index (χ0v) is 32.9. The van der Waals surface area contributed by atoms with Crippen LogP contribution in [0.15, 0.2) is 30.3 Å². The van der Waals surface area contributed by atoms with E-state index in [4.69, 9.17) is 4.74 Å². The Morgan fingerprint density at radius 3 is 2.21 bits per heavy atom. The molecule has 3 amide bonds. The van der Waals surface area contributed by atoms with Gasteiger partial charge in [-0.2, -0.15) is 0 Å². The van der Waals surface area contributed by atoms with Crippen LogP contribution in [-0.2, 0) is 38.3 Å². The number of ether oxygens (including phenoxy) is 1. The summed E-state index contributed by atoms with van der Waals surface area (Å²) in [5, 5.41) is 2.70. The lowest BCUT2D eigenvalue weighted by atomic mass is 9.65. The summed E-state index contributed by atoms with van der Waals surface area (Å²) in [5.74, 6) is -4.20. The predicted molar refractivity (Wildman–Crippen MR) is 200 cm³/mol. The van der Waals surface area contributed by atoms with Crippen LogP contribution in [0.4, 0.5) is 0 Å². The molecule has 2 saturated carbocycles. The van der Waals surface area contributed by atoms with Crippen LogP contribution < -0.4 is 5.32 Å². The third kappa shape index (κ3) is 10.6. The summed E-state index contributed by atoms with van der Waals surface area (Å²) in [7, 11) is 3.18. The third-order valence-electron chi connectivity index (χ3n) is 12.0. The highest BCUT2D eigenvalue weighted by Gasteiger charge is 2.58. The predicted octanol–water partition coefficient (Wildman–Crippen LogP) is 5.64. The molecule has 11 nitrogen and oxygen atoms in total. The number of hydrogen-bond donors (Lipinski definition) is 1. The number of hydrogen-bond acceptors (Lipinski definition) is 8. The summed E-state index contributed by atoms with van der Waals surface area (Å²) in [6, 6.07) is 7.17. The van der Waals surface area contributed by atoms with E-state index >= 15 is 0 Å². The number of likely N-dealkylation sites (N-methyl/N-ethyl adjacent to an activating group) is 1. The molecule has 3 aliphatic rings. The van der Waals surface area contributed by atoms with Crippen molar-refractivity contribution in [2.24, 2.45) is 35.0 Å². The summed E-state index contributed by atoms with van der Waals surface area (Å²) in [4.78, 5) is 97.4. The number of esters is 1. The highest BCUT2D eigenvalue weighted by Crippen LogP contribution is 2.52. The van der Waals surface area contributed by atoms with E-state index in [0.717, 1.165) is 38.5 Å². The van der Waals surface area contributed by atoms with E-state index < -0.39 is 52.8 Å². The molecule has 1 aromatic rings. The van der Waals surface area contributed by atoms with E-state index in [1.54, 1.807) is 49.3 Å². The van der Waals surface area contributed by atoms with E-state index in [1.807, 2.05) is 27.7 Å². The van der Waals surface area contributed by atoms with Crippen LogP contribution in [0.1, 0.15) is 123 Å². The number of fused-ring (bicyclic) bond motifs is 1. The molecular weight excluding hydrogens is 674 g/mol. The molecular formula is C42H61N3O8. The monoisotopic (exact) mass is 735 g/mol. The number of rotatable bonds is 19. The minimum Gasteiger partial charge on any atom is -0.462 e. The molecule has 3 unspecified atom stereocenters. The van der Waals surface area contributed by atoms with Gasteiger partial charge in [0.25, 0.3) is 0 Å². The number of nitrogens with zero attached hydrogens (tertiary/aromatic N) is 2. The topological polar surface area (TPSA) is 147 Å². The van der Waals surface area contributed by atoms with Crippen molar-refractivity contribution in [2.75, 3.05) is 20.6 Å². The lowest BCUT2D eigenvalue weighted by Gasteiger charge is -2.42. The standard InChI is InChI=1S/C42H61N3O8/c1-8-15-29(39(50)33(46)18-19-35(48)43-37(41(52)44(6)7)28-16-11-9-12-17-28)23-34(47)38-31-22-30(31)25-45(38)40(51)32(42(5)20-13-10-14-21-42)24-36(49)53-27(4)26(2)3/h9,11-12,16-17,26-27,29-32,37-38H,8,10,13-15,18-25H2,1-7H3,(H,43,48)/t27?,29?,30-,31-,32+,37?,38-/m0/s1. The van der Waals surface area contributed by atoms with Crippen molar-refractivity contribution in [3.63, 3.8) is 0 Å². The van der Waals surface area contributed by atoms with Crippen molar-refractivity contribution in [1.82, 2.24) is 15.1 Å². The number of piperidine rings is 1. The molecule has 1 saturated heterocycles. The van der Waals surface area contributed by atoms with Gasteiger partial charge in [-0.1, -0.05) is 83.7 Å². The number of Topliss-reactive ketones (excluding diaryl/α,β-unsaturated/α-hetero) is 3. The van der Waals surface area contributed by atoms with Crippen molar-refractivity contribution in [2.45, 2.75) is 130 Å². The summed E-state index contributed by atoms with van der Waals surface area (Å²) in [6.45, 7) is 10.2. The van der Waals surface area contributed by atoms with E-state index in [2.05, 4.69) is 12.2 Å². The number of amides is 3. The molecule has 0 radical (unpaired) electrons. The smallest absolute Gasteiger partial charge is 0.306 e. The fourth-order valence-corrected chi connectivity index (χ4v) is 8.24. The van der Waals surface area contributed by atoms with Crippen molar-refractivity contribution < 1.29 is 38.3 Å². The Balaban J connectivity index is 1.43. The van der Waals surface area contributed by atoms with Gasteiger partial charge in [0.05, 0.1) is 18.4 Å². The average Bonchev–Trinajstić information content (AvgIpc) is 3.79. The van der Waals surface area contributed by atoms with Gasteiger partial charge in [-0.15, -0.1) is 0 Å². The molecule has 4 rings (SSSR count). The Morgan fingerprint density at radius 2 is 1.60 bits per heavy atom. The number of carbonyl (C=O) groups excluding carboxylic acids is 7. The van der Waals surface area contributed by atoms with Gasteiger partial charge in [-0.25, -0.2) is 0 Å². The lowest BCUT2D eigenvalue weighted by molar-refractivity contribution is -0.159. The number of ketones is 3. The summed E-state index contributed by atoms with van der Waals surface area (Å²) in [5.41, 5.74) is 0.205. The highest BCUT2D eigenvalue weighted by atomic mass is 16.5. The van der Waals surface area contributed by atoms with Gasteiger partial charge >= 0.3 is 5.97 Å². The van der Waals surface area contributed by atoms with E-state index in [0.29, 0.717) is 24.9 Å². The Bertz CT molecular complexity index is 1500. The van der Waals surface area contributed by atoms with Crippen molar-refractivity contribution in [3.05, 3.63) is 35.9 Å². The lowest BCUT2D eigenvalue weighted by Crippen LogP contribution is -2.51. The average molecular weight is 736 g/mol. The van der Waals surface area contributed by atoms with Crippen LogP contribution in [0.3, 0.4) is 0 Å². The number of carbonyl (C=O) groups is 7. The molecule has 292 valence electrons. The van der Waals surface area contributed by atoms with Crippen LogP contribution in [0.5, 0.6) is 0 Å². The highest BCUT2D eigenvalue weighted by molar-refractivity contribution is 6.38. The van der Waals surface area contributed by atoms with Crippen molar-refractivity contribution in [3.8, 4) is 0 Å². The minimum absolute atomic E-state index is 0.0124. The fraction of sp³-hybridized carbons (Fsp3) is 0.690. The second-order valence-corrected chi connectivity index (χ2v) is 16.6. The molecule has 1 aromatic carbocycles. The van der Waals surface area contributed by atoms with Gasteiger partial charge in [-0.05, 0) is 61.3 Å². The number of nitrogens with one attached hydrogen (secondary N) is 1. The van der Waals surface area contributed by atoms with Crippen LogP contribution in [0, 0.1) is 35.0 Å². The maximum atomic E-state index is 14.5. The zero-order valence-electron chi connectivity index (χ0n) is 32.9. The van der Waals surface area contributed by atoms with Gasteiger partial charge in [0.1, 0.15) is 12.1 Å². The molecule has 3 fully saturated rings. The second-order valence-electron chi connectivity index (χ2n) is 16.6. The molecule has 0 bridgehead atoms. The van der Waals surface area contributed by atoms with Gasteiger partial charge < -0.3 is 19.9 Å². The Kier molecular flexibility index (Phi) is 14.6. The molecule has 53 heavy (non-hydrogen) atoms. The molecule has 2 aliphatic carbocycles. The first kappa shape index (κ1) is 41.9. The molecule has 0 spiro atoms. The van der Waals surface area contributed by atoms with Crippen LogP contribution >= 0.6 is 0 Å². The fourth-order valence-electron chi connectivity index (χ4n) is 8.24. The molecule has 11 heteroatoms. The first-order valence-corrected chi connectivity index (χ1v) is 19.7. The molecule has 1 N–H and O–H groups in total. The Labute approximate surface area is 315 Å². The normalized spacial score (nSPS) is 22.5.